The zero-order valence-electron chi connectivity index (χ0n) is 17.1. The quantitative estimate of drug-likeness (QED) is 0.519. The molecule has 0 aliphatic rings. The number of aromatic amines is 1. The molecule has 3 aromatic carbocycles. The second-order valence-electron chi connectivity index (χ2n) is 7.34. The van der Waals surface area contributed by atoms with Gasteiger partial charge in [-0.3, -0.25) is 4.79 Å². The Morgan fingerprint density at radius 2 is 1.65 bits per heavy atom. The van der Waals surface area contributed by atoms with Crippen LogP contribution in [0.15, 0.2) is 80.8 Å². The van der Waals surface area contributed by atoms with Crippen molar-refractivity contribution < 1.29 is 9.32 Å². The molecule has 4 aromatic rings. The molecular weight excluding hydrogens is 394 g/mol. The van der Waals surface area contributed by atoms with Crippen LogP contribution >= 0.6 is 0 Å². The van der Waals surface area contributed by atoms with Gasteiger partial charge in [0.2, 0.25) is 0 Å². The van der Waals surface area contributed by atoms with Crippen LogP contribution in [0.1, 0.15) is 27.0 Å². The summed E-state index contributed by atoms with van der Waals surface area (Å²) < 4.78 is 5.70. The third kappa shape index (κ3) is 4.40. The molecule has 0 fully saturated rings. The molecule has 156 valence electrons. The summed E-state index contributed by atoms with van der Waals surface area (Å²) in [5.41, 5.74) is 5.77. The number of rotatable bonds is 5. The van der Waals surface area contributed by atoms with Gasteiger partial charge in [0.25, 0.3) is 5.91 Å². The second kappa shape index (κ2) is 8.31. The minimum atomic E-state index is -0.794. The van der Waals surface area contributed by atoms with Gasteiger partial charge in [0.15, 0.2) is 0 Å². The van der Waals surface area contributed by atoms with Gasteiger partial charge in [-0.15, -0.1) is 4.74 Å². The van der Waals surface area contributed by atoms with Crippen LogP contribution < -0.4 is 16.8 Å². The lowest BCUT2D eigenvalue weighted by molar-refractivity contribution is 0.102. The van der Waals surface area contributed by atoms with Gasteiger partial charge in [-0.2, -0.15) is 0 Å². The molecule has 0 unspecified atom stereocenters. The Bertz CT molecular complexity index is 1340. The van der Waals surface area contributed by atoms with Crippen LogP contribution in [0.3, 0.4) is 0 Å². The number of nitrogens with one attached hydrogen (secondary N) is 2. The first-order valence-electron chi connectivity index (χ1n) is 9.78. The molecule has 7 nitrogen and oxygen atoms in total. The molecule has 1 aromatic heterocycles. The molecule has 1 heterocycles. The van der Waals surface area contributed by atoms with Crippen molar-refractivity contribution in [2.24, 2.45) is 0 Å². The van der Waals surface area contributed by atoms with E-state index < -0.39 is 11.4 Å². The fraction of sp³-hybridized carbons (Fsp3) is 0.125. The first-order valence-corrected chi connectivity index (χ1v) is 9.78. The largest absolute Gasteiger partial charge is 0.440 e. The predicted octanol–water partition coefficient (Wildman–Crippen LogP) is 3.71. The van der Waals surface area contributed by atoms with E-state index >= 15 is 0 Å². The van der Waals surface area contributed by atoms with Gasteiger partial charge in [0.05, 0.1) is 6.54 Å². The van der Waals surface area contributed by atoms with Gasteiger partial charge in [-0.05, 0) is 65.9 Å². The fourth-order valence-electron chi connectivity index (χ4n) is 3.57. The molecule has 2 N–H and O–H groups in total. The van der Waals surface area contributed by atoms with Crippen LogP contribution in [-0.4, -0.2) is 15.6 Å². The molecule has 0 saturated heterocycles. The van der Waals surface area contributed by atoms with E-state index in [1.165, 1.54) is 0 Å². The number of nitrogens with zero attached hydrogens (tertiary/aromatic N) is 1. The molecule has 1 amide bonds. The van der Waals surface area contributed by atoms with Crippen molar-refractivity contribution in [3.8, 4) is 11.1 Å². The van der Waals surface area contributed by atoms with E-state index in [0.29, 0.717) is 11.3 Å². The molecule has 0 atom stereocenters. The lowest BCUT2D eigenvalue weighted by atomic mass is 9.94. The highest BCUT2D eigenvalue weighted by atomic mass is 16.5. The average Bonchev–Trinajstić information content (AvgIpc) is 3.06. The molecule has 0 bridgehead atoms. The molecule has 31 heavy (non-hydrogen) atoms. The zero-order chi connectivity index (χ0) is 22.0. The average molecular weight is 415 g/mol. The number of aromatic nitrogens is 2. The summed E-state index contributed by atoms with van der Waals surface area (Å²) in [5, 5.41) is 2.89. The summed E-state index contributed by atoms with van der Waals surface area (Å²) in [6.45, 7) is 4.23. The third-order valence-corrected chi connectivity index (χ3v) is 5.06. The Hall–Kier alpha value is -4.13. The number of anilines is 1. The maximum Gasteiger partial charge on any atom is 0.440 e. The van der Waals surface area contributed by atoms with Gasteiger partial charge >= 0.3 is 11.4 Å². The van der Waals surface area contributed by atoms with Gasteiger partial charge < -0.3 is 9.84 Å². The minimum absolute atomic E-state index is 0.115. The minimum Gasteiger partial charge on any atom is -0.322 e. The normalized spacial score (nSPS) is 10.8. The van der Waals surface area contributed by atoms with E-state index in [-0.39, 0.29) is 12.5 Å². The van der Waals surface area contributed by atoms with Crippen LogP contribution in [0.5, 0.6) is 0 Å². The maximum atomic E-state index is 12.8. The molecule has 0 radical (unpaired) electrons. The fourth-order valence-corrected chi connectivity index (χ4v) is 3.57. The summed E-state index contributed by atoms with van der Waals surface area (Å²) in [6, 6.07) is 20.7. The van der Waals surface area contributed by atoms with Gasteiger partial charge in [0.1, 0.15) is 0 Å². The Morgan fingerprint density at radius 3 is 2.29 bits per heavy atom. The van der Waals surface area contributed by atoms with E-state index in [1.807, 2.05) is 29.2 Å². The monoisotopic (exact) mass is 415 g/mol. The van der Waals surface area contributed by atoms with Crippen molar-refractivity contribution in [3.05, 3.63) is 110 Å². The first-order chi connectivity index (χ1) is 14.9. The Kier molecular flexibility index (Phi) is 5.41. The smallest absolute Gasteiger partial charge is 0.322 e. The number of H-pyrrole nitrogens is 1. The maximum absolute atomic E-state index is 12.8. The summed E-state index contributed by atoms with van der Waals surface area (Å²) in [4.78, 5) is 37.4. The van der Waals surface area contributed by atoms with Crippen LogP contribution in [0.4, 0.5) is 5.69 Å². The second-order valence-corrected chi connectivity index (χ2v) is 7.34. The summed E-state index contributed by atoms with van der Waals surface area (Å²) >= 11 is 0. The van der Waals surface area contributed by atoms with E-state index in [9.17, 15) is 14.4 Å². The van der Waals surface area contributed by atoms with Crippen molar-refractivity contribution in [1.29, 1.82) is 0 Å². The molecule has 0 spiro atoms. The van der Waals surface area contributed by atoms with Crippen molar-refractivity contribution in [2.75, 3.05) is 5.32 Å². The number of carbonyl (C=O) groups is 1. The first kappa shape index (κ1) is 20.2. The SMILES string of the molecule is Cc1cccc(C)c1-c1cccc(C(=O)Nc2ccc(Cn3oc(=O)[nH]c3=O)cc2)c1. The van der Waals surface area contributed by atoms with Crippen LogP contribution in [0, 0.1) is 13.8 Å². The van der Waals surface area contributed by atoms with Crippen LogP contribution in [0.25, 0.3) is 11.1 Å². The summed E-state index contributed by atoms with van der Waals surface area (Å²) in [7, 11) is 0. The van der Waals surface area contributed by atoms with Crippen molar-refractivity contribution >= 4 is 11.6 Å². The van der Waals surface area contributed by atoms with Crippen molar-refractivity contribution in [2.45, 2.75) is 20.4 Å². The Labute approximate surface area is 177 Å². The highest BCUT2D eigenvalue weighted by Gasteiger charge is 2.11. The number of carbonyl (C=O) groups excluding carboxylic acids is 1. The van der Waals surface area contributed by atoms with Crippen molar-refractivity contribution in [1.82, 2.24) is 9.72 Å². The van der Waals surface area contributed by atoms with E-state index in [0.717, 1.165) is 32.6 Å². The van der Waals surface area contributed by atoms with Gasteiger partial charge in [-0.25, -0.2) is 14.6 Å². The standard InChI is InChI=1S/C24H21N3O4/c1-15-5-3-6-16(2)21(15)18-7-4-8-19(13-18)22(28)25-20-11-9-17(10-12-20)14-27-23(29)26-24(30)31-27/h3-13H,14H2,1-2H3,(H,25,28)(H,26,29,30). The summed E-state index contributed by atoms with van der Waals surface area (Å²) in [6.07, 6.45) is 0. The zero-order valence-corrected chi connectivity index (χ0v) is 17.1. The number of hydrogen-bond donors (Lipinski definition) is 2. The van der Waals surface area contributed by atoms with E-state index in [4.69, 9.17) is 4.52 Å². The van der Waals surface area contributed by atoms with E-state index in [2.05, 4.69) is 31.3 Å². The highest BCUT2D eigenvalue weighted by molar-refractivity contribution is 6.05. The van der Waals surface area contributed by atoms with Gasteiger partial charge in [-0.1, -0.05) is 42.5 Å². The summed E-state index contributed by atoms with van der Waals surface area (Å²) in [5.74, 6) is -1.01. The topological polar surface area (TPSA) is 97.1 Å². The lowest BCUT2D eigenvalue weighted by Crippen LogP contribution is -2.17. The molecule has 7 heteroatoms. The Balaban J connectivity index is 1.50. The number of amides is 1. The highest BCUT2D eigenvalue weighted by Crippen LogP contribution is 2.28. The Morgan fingerprint density at radius 1 is 0.968 bits per heavy atom. The molecule has 4 rings (SSSR count). The lowest BCUT2D eigenvalue weighted by Gasteiger charge is -2.12. The van der Waals surface area contributed by atoms with Crippen LogP contribution in [-0.2, 0) is 6.54 Å². The molecular formula is C24H21N3O4. The third-order valence-electron chi connectivity index (χ3n) is 5.06. The number of hydrogen-bond acceptors (Lipinski definition) is 4. The van der Waals surface area contributed by atoms with Crippen LogP contribution in [0.2, 0.25) is 0 Å². The molecule has 0 aliphatic carbocycles. The van der Waals surface area contributed by atoms with E-state index in [1.54, 1.807) is 30.3 Å². The van der Waals surface area contributed by atoms with Gasteiger partial charge in [0, 0.05) is 11.3 Å². The predicted molar refractivity (Wildman–Crippen MR) is 118 cm³/mol. The molecule has 0 saturated carbocycles. The van der Waals surface area contributed by atoms with Crippen molar-refractivity contribution in [3.63, 3.8) is 0 Å². The number of benzene rings is 3. The molecule has 0 aliphatic heterocycles. The number of aryl methyl sites for hydroxylation is 2.